The molecule has 3 rings (SSSR count). The van der Waals surface area contributed by atoms with Crippen LogP contribution in [-0.4, -0.2) is 129 Å². The topological polar surface area (TPSA) is 159 Å². The highest BCUT2D eigenvalue weighted by Gasteiger charge is 2.11. The summed E-state index contributed by atoms with van der Waals surface area (Å²) in [5.74, 6) is 2.09. The first-order chi connectivity index (χ1) is 24.5. The van der Waals surface area contributed by atoms with Gasteiger partial charge in [0.1, 0.15) is 60.9 Å². The predicted molar refractivity (Wildman–Crippen MR) is 181 cm³/mol. The lowest BCUT2D eigenvalue weighted by atomic mass is 10.2. The molecule has 2 N–H and O–H groups in total. The number of phenolic OH excluding ortho intramolecular Hbond substituents is 2. The lowest BCUT2D eigenvalue weighted by molar-refractivity contribution is 0.00465. The van der Waals surface area contributed by atoms with Crippen LogP contribution >= 0.6 is 0 Å². The minimum absolute atomic E-state index is 0.191. The molecule has 0 aliphatic carbocycles. The van der Waals surface area contributed by atoms with Crippen molar-refractivity contribution in [2.75, 3.05) is 113 Å². The Morgan fingerprint density at radius 2 is 0.700 bits per heavy atom. The molecule has 0 heterocycles. The Bertz CT molecular complexity index is 1210. The number of carbonyl (C=O) groups is 1. The van der Waals surface area contributed by atoms with Gasteiger partial charge in [0.25, 0.3) is 0 Å². The second kappa shape index (κ2) is 25.6. The van der Waals surface area contributed by atoms with Crippen molar-refractivity contribution in [3.8, 4) is 34.5 Å². The van der Waals surface area contributed by atoms with Crippen LogP contribution in [0, 0.1) is 0 Å². The second-order valence-electron chi connectivity index (χ2n) is 10.2. The van der Waals surface area contributed by atoms with Gasteiger partial charge in [-0.1, -0.05) is 0 Å². The normalized spacial score (nSPS) is 10.9. The number of hydrogen-bond donors (Lipinski definition) is 2. The van der Waals surface area contributed by atoms with Crippen LogP contribution in [0.15, 0.2) is 66.7 Å². The molecule has 0 spiro atoms. The van der Waals surface area contributed by atoms with Crippen LogP contribution < -0.4 is 18.9 Å². The molecule has 0 atom stereocenters. The molecule has 276 valence electrons. The Hall–Kier alpha value is -4.31. The standard InChI is InChI=1S/C36H48O14/c1-40-36(39)29-26-34(49-24-20-45-16-12-41-10-14-43-18-22-47-32-6-2-30(37)3-7-32)28-35(27-29)50-25-21-46-17-13-42-11-15-44-19-23-48-33-8-4-31(38)5-9-33/h2-9,26-28,37-38H,10-25H2,1H3. The summed E-state index contributed by atoms with van der Waals surface area (Å²) in [7, 11) is 1.31. The van der Waals surface area contributed by atoms with Crippen LogP contribution in [0.3, 0.4) is 0 Å². The molecule has 0 aliphatic heterocycles. The monoisotopic (exact) mass is 704 g/mol. The van der Waals surface area contributed by atoms with E-state index in [9.17, 15) is 15.0 Å². The fourth-order valence-corrected chi connectivity index (χ4v) is 4.02. The highest BCUT2D eigenvalue weighted by Crippen LogP contribution is 2.24. The number of aromatic hydroxyl groups is 2. The first-order valence-corrected chi connectivity index (χ1v) is 16.3. The Morgan fingerprint density at radius 1 is 0.420 bits per heavy atom. The van der Waals surface area contributed by atoms with Gasteiger partial charge in [-0.05, 0) is 60.7 Å². The third-order valence-corrected chi connectivity index (χ3v) is 6.45. The summed E-state index contributed by atoms with van der Waals surface area (Å²) in [5, 5.41) is 18.5. The lowest BCUT2D eigenvalue weighted by Gasteiger charge is -2.12. The fraction of sp³-hybridized carbons (Fsp3) is 0.472. The fourth-order valence-electron chi connectivity index (χ4n) is 4.02. The highest BCUT2D eigenvalue weighted by molar-refractivity contribution is 5.90. The van der Waals surface area contributed by atoms with E-state index in [4.69, 9.17) is 52.1 Å². The molecule has 3 aromatic rings. The lowest BCUT2D eigenvalue weighted by Crippen LogP contribution is -2.14. The summed E-state index contributed by atoms with van der Waals surface area (Å²) in [6.45, 7) is 6.13. The third kappa shape index (κ3) is 18.5. The zero-order valence-corrected chi connectivity index (χ0v) is 28.5. The smallest absolute Gasteiger partial charge is 0.338 e. The molecule has 0 saturated heterocycles. The van der Waals surface area contributed by atoms with E-state index in [0.29, 0.717) is 121 Å². The molecule has 0 unspecified atom stereocenters. The number of phenols is 2. The van der Waals surface area contributed by atoms with Crippen molar-refractivity contribution in [3.63, 3.8) is 0 Å². The summed E-state index contributed by atoms with van der Waals surface area (Å²) in [4.78, 5) is 12.2. The predicted octanol–water partition coefficient (Wildman–Crippen LogP) is 3.90. The first kappa shape index (κ1) is 40.1. The average Bonchev–Trinajstić information content (AvgIpc) is 3.13. The molecule has 14 heteroatoms. The minimum Gasteiger partial charge on any atom is -0.508 e. The number of esters is 1. The van der Waals surface area contributed by atoms with Crippen molar-refractivity contribution in [3.05, 3.63) is 72.3 Å². The molecule has 3 aromatic carbocycles. The van der Waals surface area contributed by atoms with E-state index in [1.807, 2.05) is 0 Å². The summed E-state index contributed by atoms with van der Waals surface area (Å²) in [6.07, 6.45) is 0. The van der Waals surface area contributed by atoms with Gasteiger partial charge in [-0.3, -0.25) is 0 Å². The number of ether oxygens (including phenoxy) is 11. The van der Waals surface area contributed by atoms with Crippen molar-refractivity contribution in [2.45, 2.75) is 0 Å². The number of methoxy groups -OCH3 is 1. The molecule has 14 nitrogen and oxygen atoms in total. The summed E-state index contributed by atoms with van der Waals surface area (Å²) >= 11 is 0. The van der Waals surface area contributed by atoms with Gasteiger partial charge in [-0.2, -0.15) is 0 Å². The molecular formula is C36H48O14. The SMILES string of the molecule is COC(=O)c1cc(OCCOCCOCCOCCOc2ccc(O)cc2)cc(OCCOCCOCCOCCOc2ccc(O)cc2)c1. The summed E-state index contributed by atoms with van der Waals surface area (Å²) < 4.78 is 60.5. The van der Waals surface area contributed by atoms with Gasteiger partial charge in [-0.15, -0.1) is 0 Å². The van der Waals surface area contributed by atoms with E-state index in [-0.39, 0.29) is 24.7 Å². The summed E-state index contributed by atoms with van der Waals surface area (Å²) in [6, 6.07) is 17.9. The van der Waals surface area contributed by atoms with Crippen LogP contribution in [0.25, 0.3) is 0 Å². The summed E-state index contributed by atoms with van der Waals surface area (Å²) in [5.41, 5.74) is 0.298. The van der Waals surface area contributed by atoms with Crippen molar-refractivity contribution < 1.29 is 67.1 Å². The van der Waals surface area contributed by atoms with Crippen LogP contribution in [-0.2, 0) is 33.2 Å². The quantitative estimate of drug-likeness (QED) is 0.0792. The van der Waals surface area contributed by atoms with Crippen molar-refractivity contribution in [1.29, 1.82) is 0 Å². The van der Waals surface area contributed by atoms with E-state index < -0.39 is 5.97 Å². The number of benzene rings is 3. The van der Waals surface area contributed by atoms with Gasteiger partial charge in [0.05, 0.1) is 92.0 Å². The van der Waals surface area contributed by atoms with Gasteiger partial charge >= 0.3 is 5.97 Å². The molecular weight excluding hydrogens is 656 g/mol. The zero-order valence-electron chi connectivity index (χ0n) is 28.5. The molecule has 0 radical (unpaired) electrons. The molecule has 0 aliphatic rings. The second-order valence-corrected chi connectivity index (χ2v) is 10.2. The third-order valence-electron chi connectivity index (χ3n) is 6.45. The van der Waals surface area contributed by atoms with E-state index in [0.717, 1.165) is 0 Å². The number of carbonyl (C=O) groups excluding carboxylic acids is 1. The molecule has 0 amide bonds. The van der Waals surface area contributed by atoms with Gasteiger partial charge in [0, 0.05) is 6.07 Å². The van der Waals surface area contributed by atoms with Crippen molar-refractivity contribution in [2.24, 2.45) is 0 Å². The van der Waals surface area contributed by atoms with E-state index in [1.54, 1.807) is 66.7 Å². The molecule has 50 heavy (non-hydrogen) atoms. The minimum atomic E-state index is -0.509. The van der Waals surface area contributed by atoms with E-state index >= 15 is 0 Å². The maximum absolute atomic E-state index is 12.2. The van der Waals surface area contributed by atoms with Gasteiger partial charge in [0.15, 0.2) is 0 Å². The maximum Gasteiger partial charge on any atom is 0.338 e. The van der Waals surface area contributed by atoms with Crippen LogP contribution in [0.5, 0.6) is 34.5 Å². The van der Waals surface area contributed by atoms with Crippen LogP contribution in [0.1, 0.15) is 10.4 Å². The molecule has 0 aromatic heterocycles. The maximum atomic E-state index is 12.2. The van der Waals surface area contributed by atoms with E-state index in [2.05, 4.69) is 0 Å². The number of hydrogen-bond acceptors (Lipinski definition) is 14. The Balaban J connectivity index is 1.15. The largest absolute Gasteiger partial charge is 0.508 e. The highest BCUT2D eigenvalue weighted by atomic mass is 16.6. The van der Waals surface area contributed by atoms with E-state index in [1.165, 1.54) is 7.11 Å². The van der Waals surface area contributed by atoms with Crippen LogP contribution in [0.2, 0.25) is 0 Å². The first-order valence-electron chi connectivity index (χ1n) is 16.3. The molecule has 0 fully saturated rings. The Labute approximate surface area is 292 Å². The zero-order chi connectivity index (χ0) is 35.5. The van der Waals surface area contributed by atoms with Gasteiger partial charge < -0.3 is 62.3 Å². The van der Waals surface area contributed by atoms with Gasteiger partial charge in [0.2, 0.25) is 0 Å². The van der Waals surface area contributed by atoms with Gasteiger partial charge in [-0.25, -0.2) is 4.79 Å². The number of rotatable bonds is 29. The Kier molecular flexibility index (Phi) is 20.6. The van der Waals surface area contributed by atoms with Crippen LogP contribution in [0.4, 0.5) is 0 Å². The molecule has 0 saturated carbocycles. The average molecular weight is 705 g/mol. The molecule has 0 bridgehead atoms. The van der Waals surface area contributed by atoms with Crippen molar-refractivity contribution >= 4 is 5.97 Å². The van der Waals surface area contributed by atoms with Crippen molar-refractivity contribution in [1.82, 2.24) is 0 Å². The Morgan fingerprint density at radius 3 is 1.00 bits per heavy atom.